The fourth-order valence-electron chi connectivity index (χ4n) is 4.01. The molecule has 4 aromatic rings. The predicted octanol–water partition coefficient (Wildman–Crippen LogP) is 3.66. The van der Waals surface area contributed by atoms with Gasteiger partial charge in [0.1, 0.15) is 29.2 Å². The molecule has 0 unspecified atom stereocenters. The molecule has 1 atom stereocenters. The van der Waals surface area contributed by atoms with Crippen molar-refractivity contribution in [2.75, 3.05) is 18.6 Å². The van der Waals surface area contributed by atoms with E-state index >= 15 is 0 Å². The Hall–Kier alpha value is -5.08. The van der Waals surface area contributed by atoms with Crippen molar-refractivity contribution in [3.8, 4) is 17.6 Å². The van der Waals surface area contributed by atoms with Gasteiger partial charge in [0.25, 0.3) is 11.6 Å². The number of nitrogens with zero attached hydrogens (tertiary/aromatic N) is 4. The molecule has 0 saturated heterocycles. The lowest BCUT2D eigenvalue weighted by Gasteiger charge is -2.23. The Morgan fingerprint density at radius 1 is 1.15 bits per heavy atom. The van der Waals surface area contributed by atoms with Crippen LogP contribution in [0.5, 0.6) is 5.75 Å². The number of H-pyrrole nitrogens is 1. The summed E-state index contributed by atoms with van der Waals surface area (Å²) in [5.41, 5.74) is 2.92. The molecule has 0 spiro atoms. The van der Waals surface area contributed by atoms with Gasteiger partial charge < -0.3 is 15.0 Å². The van der Waals surface area contributed by atoms with Crippen molar-refractivity contribution < 1.29 is 14.5 Å². The second kappa shape index (κ2) is 11.1. The number of hydrogen-bond acceptors (Lipinski definition) is 7. The van der Waals surface area contributed by atoms with Gasteiger partial charge in [0.2, 0.25) is 5.82 Å². The van der Waals surface area contributed by atoms with Gasteiger partial charge >= 0.3 is 0 Å². The van der Waals surface area contributed by atoms with Crippen molar-refractivity contribution in [1.82, 2.24) is 20.5 Å². The Kier molecular flexibility index (Phi) is 7.29. The molecule has 10 nitrogen and oxygen atoms in total. The minimum atomic E-state index is -0.597. The van der Waals surface area contributed by atoms with Crippen LogP contribution in [0, 0.1) is 22.0 Å². The number of amides is 1. The summed E-state index contributed by atoms with van der Waals surface area (Å²) in [5, 5.41) is 20.8. The molecule has 1 aromatic heterocycles. The summed E-state index contributed by atoms with van der Waals surface area (Å²) < 4.78 is 5.97. The quantitative estimate of drug-likeness (QED) is 0.171. The minimum absolute atomic E-state index is 0.0202. The molecule has 1 aliphatic heterocycles. The number of likely N-dealkylation sites (N-methyl/N-ethyl adjacent to an activating group) is 1. The van der Waals surface area contributed by atoms with Crippen molar-refractivity contribution in [3.05, 3.63) is 111 Å². The average molecular weight is 539 g/mol. The summed E-state index contributed by atoms with van der Waals surface area (Å²) in [6, 6.07) is 20.7. The molecule has 2 heterocycles. The predicted molar refractivity (Wildman–Crippen MR) is 149 cm³/mol. The molecule has 0 saturated carbocycles. The third-order valence-electron chi connectivity index (χ3n) is 6.02. The van der Waals surface area contributed by atoms with Gasteiger partial charge in [-0.05, 0) is 29.8 Å². The highest BCUT2D eigenvalue weighted by Crippen LogP contribution is 2.32. The number of rotatable bonds is 5. The van der Waals surface area contributed by atoms with E-state index in [2.05, 4.69) is 32.3 Å². The molecular weight excluding hydrogens is 516 g/mol. The maximum atomic E-state index is 12.9. The molecule has 39 heavy (non-hydrogen) atoms. The zero-order chi connectivity index (χ0) is 27.4. The maximum absolute atomic E-state index is 12.9. The molecule has 5 rings (SSSR count). The first kappa shape index (κ1) is 25.6. The number of non-ortho nitro benzene ring substituents is 1. The van der Waals surface area contributed by atoms with Crippen LogP contribution in [0.15, 0.2) is 72.8 Å². The maximum Gasteiger partial charge on any atom is 0.291 e. The Labute approximate surface area is 229 Å². The van der Waals surface area contributed by atoms with E-state index in [-0.39, 0.29) is 18.1 Å². The van der Waals surface area contributed by atoms with E-state index in [1.165, 1.54) is 12.1 Å². The topological polar surface area (TPSA) is 126 Å². The van der Waals surface area contributed by atoms with Crippen molar-refractivity contribution >= 4 is 34.5 Å². The number of aromatic nitrogens is 3. The number of thiocarbonyl (C=S) groups is 1. The number of benzene rings is 3. The first-order valence-corrected chi connectivity index (χ1v) is 12.3. The van der Waals surface area contributed by atoms with Crippen LogP contribution in [0.25, 0.3) is 0 Å². The number of carbonyl (C=O) groups excluding carboxylic acids is 1. The molecule has 2 N–H and O–H groups in total. The SMILES string of the molecule is CN1C(=S)[C@@H](NC(=O)c2n[nH]c(Cc3ccccc3)n2)COc2ccc(C#Cc3cccc([N+](=O)[O-])c3)cc21. The zero-order valence-corrected chi connectivity index (χ0v) is 21.6. The molecule has 3 aromatic carbocycles. The van der Waals surface area contributed by atoms with Gasteiger partial charge in [-0.2, -0.15) is 0 Å². The lowest BCUT2D eigenvalue weighted by Crippen LogP contribution is -2.48. The van der Waals surface area contributed by atoms with Crippen molar-refractivity contribution in [2.45, 2.75) is 12.5 Å². The fourth-order valence-corrected chi connectivity index (χ4v) is 4.23. The summed E-state index contributed by atoms with van der Waals surface area (Å²) in [6.45, 7) is 0.127. The summed E-state index contributed by atoms with van der Waals surface area (Å²) in [6.07, 6.45) is 0.524. The summed E-state index contributed by atoms with van der Waals surface area (Å²) in [7, 11) is 1.79. The van der Waals surface area contributed by atoms with Gasteiger partial charge in [-0.1, -0.05) is 60.5 Å². The van der Waals surface area contributed by atoms with E-state index in [1.54, 1.807) is 36.2 Å². The van der Waals surface area contributed by atoms with E-state index in [0.29, 0.717) is 39.8 Å². The monoisotopic (exact) mass is 538 g/mol. The van der Waals surface area contributed by atoms with Crippen LogP contribution in [0.4, 0.5) is 11.4 Å². The van der Waals surface area contributed by atoms with Crippen LogP contribution < -0.4 is 15.0 Å². The van der Waals surface area contributed by atoms with E-state index < -0.39 is 16.9 Å². The van der Waals surface area contributed by atoms with Gasteiger partial charge in [0.05, 0.1) is 10.6 Å². The number of nitro benzene ring substituents is 1. The fraction of sp³-hybridized carbons (Fsp3) is 0.143. The van der Waals surface area contributed by atoms with Crippen LogP contribution in [0.2, 0.25) is 0 Å². The van der Waals surface area contributed by atoms with Crippen LogP contribution in [-0.2, 0) is 6.42 Å². The normalized spacial score (nSPS) is 14.3. The number of aromatic amines is 1. The van der Waals surface area contributed by atoms with Gasteiger partial charge in [0.15, 0.2) is 0 Å². The molecule has 0 aliphatic carbocycles. The molecular formula is C28H22N6O4S. The van der Waals surface area contributed by atoms with Crippen molar-refractivity contribution in [1.29, 1.82) is 0 Å². The molecule has 11 heteroatoms. The lowest BCUT2D eigenvalue weighted by atomic mass is 10.1. The van der Waals surface area contributed by atoms with Crippen LogP contribution in [-0.4, -0.2) is 50.7 Å². The smallest absolute Gasteiger partial charge is 0.291 e. The molecule has 194 valence electrons. The van der Waals surface area contributed by atoms with Crippen LogP contribution in [0.3, 0.4) is 0 Å². The van der Waals surface area contributed by atoms with E-state index in [9.17, 15) is 14.9 Å². The highest BCUT2D eigenvalue weighted by molar-refractivity contribution is 7.80. The first-order valence-electron chi connectivity index (χ1n) is 11.9. The van der Waals surface area contributed by atoms with Crippen molar-refractivity contribution in [3.63, 3.8) is 0 Å². The van der Waals surface area contributed by atoms with E-state index in [1.807, 2.05) is 36.4 Å². The Bertz CT molecular complexity index is 1630. The van der Waals surface area contributed by atoms with Gasteiger partial charge in [-0.15, -0.1) is 5.10 Å². The zero-order valence-electron chi connectivity index (χ0n) is 20.7. The number of hydrogen-bond donors (Lipinski definition) is 2. The number of carbonyl (C=O) groups is 1. The molecule has 0 radical (unpaired) electrons. The second-order valence-corrected chi connectivity index (χ2v) is 9.16. The molecule has 1 aliphatic rings. The summed E-state index contributed by atoms with van der Waals surface area (Å²) in [5.74, 6) is 6.70. The molecule has 0 fully saturated rings. The third-order valence-corrected chi connectivity index (χ3v) is 6.58. The highest BCUT2D eigenvalue weighted by atomic mass is 32.1. The average Bonchev–Trinajstić information content (AvgIpc) is 3.38. The third kappa shape index (κ3) is 5.92. The van der Waals surface area contributed by atoms with Gasteiger partial charge in [0, 0.05) is 36.7 Å². The Morgan fingerprint density at radius 3 is 2.69 bits per heavy atom. The first-order chi connectivity index (χ1) is 18.9. The number of ether oxygens (including phenoxy) is 1. The number of nitro groups is 1. The number of nitrogens with one attached hydrogen (secondary N) is 2. The minimum Gasteiger partial charge on any atom is -0.489 e. The molecule has 1 amide bonds. The summed E-state index contributed by atoms with van der Waals surface area (Å²) in [4.78, 5) is 30.0. The van der Waals surface area contributed by atoms with Crippen molar-refractivity contribution in [2.24, 2.45) is 0 Å². The van der Waals surface area contributed by atoms with E-state index in [4.69, 9.17) is 17.0 Å². The molecule has 0 bridgehead atoms. The Morgan fingerprint density at radius 2 is 1.92 bits per heavy atom. The van der Waals surface area contributed by atoms with E-state index in [0.717, 1.165) is 5.56 Å². The summed E-state index contributed by atoms with van der Waals surface area (Å²) >= 11 is 5.68. The largest absolute Gasteiger partial charge is 0.489 e. The van der Waals surface area contributed by atoms with Gasteiger partial charge in [-0.25, -0.2) is 4.98 Å². The number of fused-ring (bicyclic) bond motifs is 1. The van der Waals surface area contributed by atoms with Crippen LogP contribution in [0.1, 0.15) is 33.1 Å². The highest BCUT2D eigenvalue weighted by Gasteiger charge is 2.29. The number of anilines is 1. The van der Waals surface area contributed by atoms with Crippen LogP contribution >= 0.6 is 12.2 Å². The van der Waals surface area contributed by atoms with Gasteiger partial charge in [-0.3, -0.25) is 20.0 Å². The lowest BCUT2D eigenvalue weighted by molar-refractivity contribution is -0.384. The second-order valence-electron chi connectivity index (χ2n) is 8.74. The standard InChI is InChI=1S/C28H22N6O4S/c1-33-23-15-20(11-10-19-8-5-9-21(14-19)34(36)37)12-13-24(23)38-17-22(28(33)39)29-27(35)26-30-25(31-32-26)16-18-6-3-2-4-7-18/h2-9,12-15,22H,16-17H2,1H3,(H,29,35)(H,30,31,32)/t22-/m0/s1. The Balaban J connectivity index is 1.28.